The largest absolute Gasteiger partial charge is 0.394 e. The van der Waals surface area contributed by atoms with Gasteiger partial charge >= 0.3 is 5.69 Å². The zero-order valence-corrected chi connectivity index (χ0v) is 10.8. The molecular formula is C12H17N3O4. The van der Waals surface area contributed by atoms with E-state index in [1.54, 1.807) is 4.90 Å². The molecule has 1 aliphatic heterocycles. The van der Waals surface area contributed by atoms with Gasteiger partial charge in [0.25, 0.3) is 5.56 Å². The standard InChI is InChI=1S/C12H17N3O4/c1-13-10(17)4-6-14(12(13)19)7-11(18)15-5-2-3-9(15)8-16/h4,6,9,16H,2-3,5,7-8H2,1H3. The van der Waals surface area contributed by atoms with Gasteiger partial charge in [0.15, 0.2) is 0 Å². The highest BCUT2D eigenvalue weighted by molar-refractivity contribution is 5.76. The second-order valence-electron chi connectivity index (χ2n) is 4.69. The van der Waals surface area contributed by atoms with E-state index in [9.17, 15) is 19.5 Å². The number of hydrogen-bond donors (Lipinski definition) is 1. The third-order valence-electron chi connectivity index (χ3n) is 3.47. The van der Waals surface area contributed by atoms with Crippen molar-refractivity contribution in [2.75, 3.05) is 13.2 Å². The summed E-state index contributed by atoms with van der Waals surface area (Å²) in [4.78, 5) is 36.7. The highest BCUT2D eigenvalue weighted by Crippen LogP contribution is 2.16. The van der Waals surface area contributed by atoms with E-state index in [4.69, 9.17) is 0 Å². The molecule has 1 aromatic heterocycles. The molecule has 0 aromatic carbocycles. The second-order valence-corrected chi connectivity index (χ2v) is 4.69. The Kier molecular flexibility index (Phi) is 3.84. The zero-order valence-electron chi connectivity index (χ0n) is 10.8. The number of aliphatic hydroxyl groups excluding tert-OH is 1. The van der Waals surface area contributed by atoms with Gasteiger partial charge in [-0.15, -0.1) is 0 Å². The zero-order chi connectivity index (χ0) is 14.0. The summed E-state index contributed by atoms with van der Waals surface area (Å²) in [7, 11) is 1.37. The van der Waals surface area contributed by atoms with Gasteiger partial charge < -0.3 is 10.0 Å². The first-order chi connectivity index (χ1) is 9.04. The average Bonchev–Trinajstić information content (AvgIpc) is 2.88. The van der Waals surface area contributed by atoms with Crippen molar-refractivity contribution < 1.29 is 9.90 Å². The van der Waals surface area contributed by atoms with Crippen molar-refractivity contribution in [1.82, 2.24) is 14.0 Å². The summed E-state index contributed by atoms with van der Waals surface area (Å²) in [6.07, 6.45) is 2.97. The van der Waals surface area contributed by atoms with Crippen molar-refractivity contribution in [1.29, 1.82) is 0 Å². The first-order valence-electron chi connectivity index (χ1n) is 6.21. The molecule has 104 valence electrons. The van der Waals surface area contributed by atoms with Gasteiger partial charge in [0.05, 0.1) is 12.6 Å². The molecule has 7 heteroatoms. The summed E-state index contributed by atoms with van der Waals surface area (Å²) in [6.45, 7) is 0.432. The Labute approximate surface area is 109 Å². The Morgan fingerprint density at radius 3 is 2.89 bits per heavy atom. The molecule has 0 spiro atoms. The molecule has 7 nitrogen and oxygen atoms in total. The molecule has 1 aliphatic rings. The van der Waals surface area contributed by atoms with Crippen molar-refractivity contribution in [3.8, 4) is 0 Å². The Morgan fingerprint density at radius 1 is 1.47 bits per heavy atom. The van der Waals surface area contributed by atoms with Crippen molar-refractivity contribution in [2.45, 2.75) is 25.4 Å². The normalized spacial score (nSPS) is 18.8. The lowest BCUT2D eigenvalue weighted by atomic mass is 10.2. The molecular weight excluding hydrogens is 250 g/mol. The fraction of sp³-hybridized carbons (Fsp3) is 0.583. The average molecular weight is 267 g/mol. The number of aliphatic hydroxyl groups is 1. The van der Waals surface area contributed by atoms with Crippen LogP contribution in [0.2, 0.25) is 0 Å². The van der Waals surface area contributed by atoms with Crippen LogP contribution in [0.5, 0.6) is 0 Å². The van der Waals surface area contributed by atoms with Gasteiger partial charge in [-0.1, -0.05) is 0 Å². The Balaban J connectivity index is 2.18. The van der Waals surface area contributed by atoms with Crippen LogP contribution in [-0.4, -0.2) is 44.2 Å². The minimum atomic E-state index is -0.513. The van der Waals surface area contributed by atoms with Crippen LogP contribution in [0, 0.1) is 0 Å². The molecule has 0 aliphatic carbocycles. The predicted octanol–water partition coefficient (Wildman–Crippen LogP) is -1.47. The van der Waals surface area contributed by atoms with Crippen LogP contribution in [0.4, 0.5) is 0 Å². The van der Waals surface area contributed by atoms with E-state index in [0.717, 1.165) is 17.4 Å². The van der Waals surface area contributed by atoms with E-state index in [0.29, 0.717) is 6.54 Å². The van der Waals surface area contributed by atoms with Crippen LogP contribution in [0.3, 0.4) is 0 Å². The molecule has 1 fully saturated rings. The third-order valence-corrected chi connectivity index (χ3v) is 3.47. The van der Waals surface area contributed by atoms with Gasteiger partial charge in [0, 0.05) is 25.9 Å². The van der Waals surface area contributed by atoms with Crippen LogP contribution in [0.25, 0.3) is 0 Å². The topological polar surface area (TPSA) is 84.5 Å². The number of amides is 1. The maximum atomic E-state index is 12.1. The molecule has 0 saturated carbocycles. The van der Waals surface area contributed by atoms with Crippen LogP contribution in [0.1, 0.15) is 12.8 Å². The van der Waals surface area contributed by atoms with Crippen LogP contribution in [0.15, 0.2) is 21.9 Å². The van der Waals surface area contributed by atoms with Crippen LogP contribution in [-0.2, 0) is 18.4 Å². The molecule has 1 aromatic rings. The molecule has 0 radical (unpaired) electrons. The van der Waals surface area contributed by atoms with Gasteiger partial charge in [0.1, 0.15) is 6.54 Å². The molecule has 0 bridgehead atoms. The van der Waals surface area contributed by atoms with Crippen molar-refractivity contribution in [3.05, 3.63) is 33.1 Å². The van der Waals surface area contributed by atoms with E-state index in [2.05, 4.69) is 0 Å². The number of hydrogen-bond acceptors (Lipinski definition) is 4. The number of aromatic nitrogens is 2. The number of likely N-dealkylation sites (tertiary alicyclic amines) is 1. The molecule has 2 rings (SSSR count). The predicted molar refractivity (Wildman–Crippen MR) is 67.8 cm³/mol. The van der Waals surface area contributed by atoms with Crippen LogP contribution < -0.4 is 11.2 Å². The lowest BCUT2D eigenvalue weighted by Crippen LogP contribution is -2.43. The number of rotatable bonds is 3. The Hall–Kier alpha value is -1.89. The van der Waals surface area contributed by atoms with Crippen molar-refractivity contribution in [3.63, 3.8) is 0 Å². The summed E-state index contributed by atoms with van der Waals surface area (Å²) in [5, 5.41) is 9.18. The lowest BCUT2D eigenvalue weighted by Gasteiger charge is -2.23. The number of carbonyl (C=O) groups is 1. The third kappa shape index (κ3) is 2.60. The number of nitrogens with zero attached hydrogens (tertiary/aromatic N) is 3. The fourth-order valence-electron chi connectivity index (χ4n) is 2.33. The molecule has 1 unspecified atom stereocenters. The van der Waals surface area contributed by atoms with Crippen LogP contribution >= 0.6 is 0 Å². The van der Waals surface area contributed by atoms with Gasteiger partial charge in [-0.2, -0.15) is 0 Å². The molecule has 1 amide bonds. The van der Waals surface area contributed by atoms with E-state index in [1.165, 1.54) is 23.9 Å². The van der Waals surface area contributed by atoms with E-state index < -0.39 is 11.2 Å². The molecule has 19 heavy (non-hydrogen) atoms. The highest BCUT2D eigenvalue weighted by Gasteiger charge is 2.28. The SMILES string of the molecule is Cn1c(=O)ccn(CC(=O)N2CCCC2CO)c1=O. The number of carbonyl (C=O) groups excluding carboxylic acids is 1. The van der Waals surface area contributed by atoms with Gasteiger partial charge in [-0.3, -0.25) is 18.7 Å². The van der Waals surface area contributed by atoms with Gasteiger partial charge in [-0.25, -0.2) is 4.79 Å². The maximum Gasteiger partial charge on any atom is 0.331 e. The van der Waals surface area contributed by atoms with E-state index in [1.807, 2.05) is 0 Å². The summed E-state index contributed by atoms with van der Waals surface area (Å²) in [5.41, 5.74) is -0.913. The molecule has 2 heterocycles. The van der Waals surface area contributed by atoms with E-state index in [-0.39, 0.29) is 25.1 Å². The lowest BCUT2D eigenvalue weighted by molar-refractivity contribution is -0.133. The maximum absolute atomic E-state index is 12.1. The fourth-order valence-corrected chi connectivity index (χ4v) is 2.33. The summed E-state index contributed by atoms with van der Waals surface area (Å²) in [5.74, 6) is -0.211. The minimum absolute atomic E-state index is 0.0616. The Morgan fingerprint density at radius 2 is 2.21 bits per heavy atom. The summed E-state index contributed by atoms with van der Waals surface area (Å²) in [6, 6.07) is 1.10. The monoisotopic (exact) mass is 267 g/mol. The second kappa shape index (κ2) is 5.40. The van der Waals surface area contributed by atoms with Gasteiger partial charge in [0.2, 0.25) is 5.91 Å². The first-order valence-corrected chi connectivity index (χ1v) is 6.21. The molecule has 1 atom stereocenters. The quantitative estimate of drug-likeness (QED) is 0.724. The van der Waals surface area contributed by atoms with Gasteiger partial charge in [-0.05, 0) is 12.8 Å². The summed E-state index contributed by atoms with van der Waals surface area (Å²) < 4.78 is 2.16. The first kappa shape index (κ1) is 13.5. The van der Waals surface area contributed by atoms with E-state index >= 15 is 0 Å². The summed E-state index contributed by atoms with van der Waals surface area (Å²) >= 11 is 0. The Bertz CT molecular complexity index is 589. The minimum Gasteiger partial charge on any atom is -0.394 e. The molecule has 1 N–H and O–H groups in total. The highest BCUT2D eigenvalue weighted by atomic mass is 16.3. The van der Waals surface area contributed by atoms with Crippen molar-refractivity contribution >= 4 is 5.91 Å². The van der Waals surface area contributed by atoms with Crippen molar-refractivity contribution in [2.24, 2.45) is 7.05 Å². The smallest absolute Gasteiger partial charge is 0.331 e. The molecule has 1 saturated heterocycles.